The zero-order chi connectivity index (χ0) is 15.3. The van der Waals surface area contributed by atoms with Crippen LogP contribution in [0.3, 0.4) is 0 Å². The van der Waals surface area contributed by atoms with E-state index in [0.29, 0.717) is 10.7 Å². The Labute approximate surface area is 127 Å². The Bertz CT molecular complexity index is 592. The second kappa shape index (κ2) is 7.01. The SMILES string of the molecule is COC(=O)NCCN(c1ccc(Cl)c(Cl)c1)S(C)(=O)=O. The number of amides is 1. The summed E-state index contributed by atoms with van der Waals surface area (Å²) in [6, 6.07) is 4.49. The topological polar surface area (TPSA) is 75.7 Å². The van der Waals surface area contributed by atoms with Gasteiger partial charge in [0.15, 0.2) is 0 Å². The molecule has 0 aliphatic rings. The number of hydrogen-bond acceptors (Lipinski definition) is 4. The van der Waals surface area contributed by atoms with Gasteiger partial charge in [-0.05, 0) is 18.2 Å². The summed E-state index contributed by atoms with van der Waals surface area (Å²) in [5.74, 6) is 0. The predicted octanol–water partition coefficient (Wildman–Crippen LogP) is 2.12. The van der Waals surface area contributed by atoms with Crippen molar-refractivity contribution < 1.29 is 17.9 Å². The molecule has 1 amide bonds. The number of nitrogens with one attached hydrogen (secondary N) is 1. The molecule has 0 saturated heterocycles. The standard InChI is InChI=1S/C11H14Cl2N2O4S/c1-19-11(16)14-5-6-15(20(2,17)18)8-3-4-9(12)10(13)7-8/h3-4,7H,5-6H2,1-2H3,(H,14,16). The monoisotopic (exact) mass is 340 g/mol. The summed E-state index contributed by atoms with van der Waals surface area (Å²) < 4.78 is 29.1. The number of nitrogens with zero attached hydrogens (tertiary/aromatic N) is 1. The van der Waals surface area contributed by atoms with Crippen molar-refractivity contribution >= 4 is 45.0 Å². The Morgan fingerprint density at radius 2 is 2.00 bits per heavy atom. The van der Waals surface area contributed by atoms with Crippen molar-refractivity contribution in [1.29, 1.82) is 0 Å². The van der Waals surface area contributed by atoms with Gasteiger partial charge in [0.25, 0.3) is 0 Å². The number of sulfonamides is 1. The van der Waals surface area contributed by atoms with Gasteiger partial charge in [-0.2, -0.15) is 0 Å². The fourth-order valence-corrected chi connectivity index (χ4v) is 2.67. The van der Waals surface area contributed by atoms with Gasteiger partial charge in [0.1, 0.15) is 0 Å². The number of hydrogen-bond donors (Lipinski definition) is 1. The molecule has 0 radical (unpaired) electrons. The molecule has 0 spiro atoms. The highest BCUT2D eigenvalue weighted by molar-refractivity contribution is 7.92. The zero-order valence-electron chi connectivity index (χ0n) is 10.9. The summed E-state index contributed by atoms with van der Waals surface area (Å²) >= 11 is 11.7. The Kier molecular flexibility index (Phi) is 5.91. The highest BCUT2D eigenvalue weighted by Crippen LogP contribution is 2.28. The normalized spacial score (nSPS) is 11.0. The van der Waals surface area contributed by atoms with E-state index in [1.807, 2.05) is 0 Å². The molecule has 0 aliphatic heterocycles. The fourth-order valence-electron chi connectivity index (χ4n) is 1.46. The van der Waals surface area contributed by atoms with Crippen LogP contribution in [0, 0.1) is 0 Å². The van der Waals surface area contributed by atoms with Crippen molar-refractivity contribution in [2.24, 2.45) is 0 Å². The lowest BCUT2D eigenvalue weighted by atomic mass is 10.3. The van der Waals surface area contributed by atoms with Gasteiger partial charge < -0.3 is 10.1 Å². The van der Waals surface area contributed by atoms with E-state index in [9.17, 15) is 13.2 Å². The van der Waals surface area contributed by atoms with E-state index in [-0.39, 0.29) is 18.1 Å². The molecule has 0 heterocycles. The highest BCUT2D eigenvalue weighted by Gasteiger charge is 2.18. The first kappa shape index (κ1) is 16.9. The van der Waals surface area contributed by atoms with E-state index in [2.05, 4.69) is 10.1 Å². The number of rotatable bonds is 5. The second-order valence-electron chi connectivity index (χ2n) is 3.85. The summed E-state index contributed by atoms with van der Waals surface area (Å²) in [4.78, 5) is 10.9. The van der Waals surface area contributed by atoms with Gasteiger partial charge >= 0.3 is 6.09 Å². The lowest BCUT2D eigenvalue weighted by Crippen LogP contribution is -2.38. The van der Waals surface area contributed by atoms with E-state index < -0.39 is 16.1 Å². The number of methoxy groups -OCH3 is 1. The molecule has 0 fully saturated rings. The average Bonchev–Trinajstić information content (AvgIpc) is 2.36. The van der Waals surface area contributed by atoms with Gasteiger partial charge in [0, 0.05) is 6.54 Å². The summed E-state index contributed by atoms with van der Waals surface area (Å²) in [7, 11) is -2.29. The number of anilines is 1. The molecule has 20 heavy (non-hydrogen) atoms. The van der Waals surface area contributed by atoms with Crippen molar-refractivity contribution in [3.05, 3.63) is 28.2 Å². The van der Waals surface area contributed by atoms with Gasteiger partial charge in [0.2, 0.25) is 10.0 Å². The molecule has 0 bridgehead atoms. The Morgan fingerprint density at radius 1 is 1.35 bits per heavy atom. The third-order valence-electron chi connectivity index (χ3n) is 2.36. The van der Waals surface area contributed by atoms with Crippen LogP contribution in [-0.4, -0.2) is 41.0 Å². The van der Waals surface area contributed by atoms with Crippen LogP contribution in [0.25, 0.3) is 0 Å². The molecule has 0 aliphatic carbocycles. The highest BCUT2D eigenvalue weighted by atomic mass is 35.5. The smallest absolute Gasteiger partial charge is 0.406 e. The Morgan fingerprint density at radius 3 is 2.50 bits per heavy atom. The third kappa shape index (κ3) is 4.73. The van der Waals surface area contributed by atoms with Crippen LogP contribution < -0.4 is 9.62 Å². The van der Waals surface area contributed by atoms with Crippen LogP contribution in [-0.2, 0) is 14.8 Å². The number of carbonyl (C=O) groups excluding carboxylic acids is 1. The minimum absolute atomic E-state index is 0.0475. The van der Waals surface area contributed by atoms with Crippen molar-refractivity contribution in [2.45, 2.75) is 0 Å². The first-order chi connectivity index (χ1) is 9.25. The molecule has 1 aromatic carbocycles. The minimum atomic E-state index is -3.51. The Hall–Kier alpha value is -1.18. The summed E-state index contributed by atoms with van der Waals surface area (Å²) in [6.45, 7) is 0.145. The van der Waals surface area contributed by atoms with Crippen LogP contribution >= 0.6 is 23.2 Å². The van der Waals surface area contributed by atoms with Crippen LogP contribution in [0.15, 0.2) is 18.2 Å². The molecule has 9 heteroatoms. The van der Waals surface area contributed by atoms with Gasteiger partial charge in [-0.15, -0.1) is 0 Å². The summed E-state index contributed by atoms with van der Waals surface area (Å²) in [5.41, 5.74) is 0.369. The first-order valence-corrected chi connectivity index (χ1v) is 8.10. The second-order valence-corrected chi connectivity index (χ2v) is 6.57. The molecule has 0 saturated carbocycles. The van der Waals surface area contributed by atoms with Gasteiger partial charge in [0.05, 0.1) is 35.6 Å². The lowest BCUT2D eigenvalue weighted by Gasteiger charge is -2.22. The van der Waals surface area contributed by atoms with Gasteiger partial charge in [-0.25, -0.2) is 13.2 Å². The number of alkyl carbamates (subject to hydrolysis) is 1. The van der Waals surface area contributed by atoms with E-state index in [1.54, 1.807) is 0 Å². The Balaban J connectivity index is 2.90. The summed E-state index contributed by atoms with van der Waals surface area (Å²) in [6.07, 6.45) is 0.431. The molecule has 0 atom stereocenters. The van der Waals surface area contributed by atoms with Crippen LogP contribution in [0.1, 0.15) is 0 Å². The minimum Gasteiger partial charge on any atom is -0.453 e. The van der Waals surface area contributed by atoms with Crippen molar-refractivity contribution in [2.75, 3.05) is 30.8 Å². The molecular formula is C11H14Cl2N2O4S. The van der Waals surface area contributed by atoms with Gasteiger partial charge in [-0.3, -0.25) is 4.31 Å². The first-order valence-electron chi connectivity index (χ1n) is 5.50. The molecule has 0 unspecified atom stereocenters. The molecular weight excluding hydrogens is 327 g/mol. The zero-order valence-corrected chi connectivity index (χ0v) is 13.2. The van der Waals surface area contributed by atoms with E-state index in [4.69, 9.17) is 23.2 Å². The van der Waals surface area contributed by atoms with Crippen molar-refractivity contribution in [3.63, 3.8) is 0 Å². The van der Waals surface area contributed by atoms with Crippen LogP contribution in [0.4, 0.5) is 10.5 Å². The van der Waals surface area contributed by atoms with Crippen LogP contribution in [0.2, 0.25) is 10.0 Å². The molecule has 1 rings (SSSR count). The number of halogens is 2. The van der Waals surface area contributed by atoms with Crippen molar-refractivity contribution in [3.8, 4) is 0 Å². The predicted molar refractivity (Wildman–Crippen MR) is 79.1 cm³/mol. The van der Waals surface area contributed by atoms with Crippen LogP contribution in [0.5, 0.6) is 0 Å². The van der Waals surface area contributed by atoms with Crippen molar-refractivity contribution in [1.82, 2.24) is 5.32 Å². The summed E-state index contributed by atoms with van der Waals surface area (Å²) in [5, 5.41) is 2.98. The van der Waals surface area contributed by atoms with E-state index in [0.717, 1.165) is 10.6 Å². The largest absolute Gasteiger partial charge is 0.453 e. The maximum absolute atomic E-state index is 11.8. The number of carbonyl (C=O) groups is 1. The fraction of sp³-hybridized carbons (Fsp3) is 0.364. The van der Waals surface area contributed by atoms with Gasteiger partial charge in [-0.1, -0.05) is 23.2 Å². The maximum atomic E-state index is 11.8. The third-order valence-corrected chi connectivity index (χ3v) is 4.29. The maximum Gasteiger partial charge on any atom is 0.406 e. The number of benzene rings is 1. The van der Waals surface area contributed by atoms with E-state index in [1.165, 1.54) is 25.3 Å². The molecule has 1 N–H and O–H groups in total. The van der Waals surface area contributed by atoms with E-state index >= 15 is 0 Å². The molecule has 0 aromatic heterocycles. The average molecular weight is 341 g/mol. The number of ether oxygens (including phenoxy) is 1. The molecule has 112 valence electrons. The molecule has 1 aromatic rings. The lowest BCUT2D eigenvalue weighted by molar-refractivity contribution is 0.171. The quantitative estimate of drug-likeness (QED) is 0.890. The molecule has 6 nitrogen and oxygen atoms in total.